The van der Waals surface area contributed by atoms with Crippen LogP contribution in [0.15, 0.2) is 24.0 Å². The van der Waals surface area contributed by atoms with Crippen LogP contribution in [-0.2, 0) is 4.79 Å². The Kier molecular flexibility index (Phi) is 7.64. The number of nitrogens with zero attached hydrogens (tertiary/aromatic N) is 4. The van der Waals surface area contributed by atoms with Crippen LogP contribution in [0.5, 0.6) is 5.88 Å². The van der Waals surface area contributed by atoms with Crippen molar-refractivity contribution in [1.29, 1.82) is 0 Å². The number of ether oxygens (including phenoxy) is 1. The van der Waals surface area contributed by atoms with Crippen LogP contribution in [0.4, 0.5) is 5.82 Å². The van der Waals surface area contributed by atoms with Crippen LogP contribution in [0, 0.1) is 40.4 Å². The largest absolute Gasteiger partial charge is 0.480 e. The molecule has 2 heterocycles. The molecule has 8 atom stereocenters. The number of piperazine rings is 1. The fourth-order valence-electron chi connectivity index (χ4n) is 10.1. The molecule has 7 nitrogen and oxygen atoms in total. The number of amides is 1. The molecular formula is C33H50N4O3. The zero-order valence-corrected chi connectivity index (χ0v) is 25.1. The molecule has 6 rings (SSSR count). The number of allylic oxidation sites excluding steroid dienone is 1. The summed E-state index contributed by atoms with van der Waals surface area (Å²) in [5.74, 6) is 5.35. The van der Waals surface area contributed by atoms with Crippen LogP contribution in [0.3, 0.4) is 0 Å². The van der Waals surface area contributed by atoms with Crippen LogP contribution in [0.25, 0.3) is 0 Å². The van der Waals surface area contributed by atoms with Crippen molar-refractivity contribution in [1.82, 2.24) is 14.9 Å². The second-order valence-corrected chi connectivity index (χ2v) is 14.2. The van der Waals surface area contributed by atoms with E-state index >= 15 is 0 Å². The quantitative estimate of drug-likeness (QED) is 0.472. The summed E-state index contributed by atoms with van der Waals surface area (Å²) < 4.78 is 5.22. The van der Waals surface area contributed by atoms with Crippen molar-refractivity contribution in [3.63, 3.8) is 0 Å². The molecule has 4 aliphatic carbocycles. The molecule has 1 aliphatic heterocycles. The number of carbonyl (C=O) groups is 1. The number of hydrogen-bond donors (Lipinski definition) is 1. The standard InChI is InChI=1S/C33H50N4O3/c1-22(5-10-31(39)37-17-15-36(16-18-37)29-20-34-21-30(35-29)40-4)26-8-9-27-25-7-6-23-19-24(38)11-13-32(23,2)28(25)12-14-33(26,27)3/h6,20-22,24-28,38H,5,7-19H2,1-4H3/t22?,24-,25-,26+,27-,28-,32-,33+/m0/s1. The second kappa shape index (κ2) is 10.9. The maximum absolute atomic E-state index is 13.2. The molecule has 3 saturated carbocycles. The molecule has 1 saturated heterocycles. The average Bonchev–Trinajstić information content (AvgIpc) is 3.33. The first kappa shape index (κ1) is 28.0. The maximum atomic E-state index is 13.2. The monoisotopic (exact) mass is 550 g/mol. The first-order chi connectivity index (χ1) is 19.2. The molecule has 0 aromatic carbocycles. The third-order valence-electron chi connectivity index (χ3n) is 12.4. The molecule has 0 radical (unpaired) electrons. The summed E-state index contributed by atoms with van der Waals surface area (Å²) in [6.07, 6.45) is 17.1. The predicted octanol–water partition coefficient (Wildman–Crippen LogP) is 5.49. The first-order valence-corrected chi connectivity index (χ1v) is 16.0. The minimum atomic E-state index is -0.129. The Bertz CT molecular complexity index is 1120. The number of anilines is 1. The molecule has 7 heteroatoms. The number of methoxy groups -OCH3 is 1. The highest BCUT2D eigenvalue weighted by molar-refractivity contribution is 5.76. The van der Waals surface area contributed by atoms with Crippen LogP contribution in [0.1, 0.15) is 85.0 Å². The van der Waals surface area contributed by atoms with Gasteiger partial charge in [-0.15, -0.1) is 0 Å². The molecular weight excluding hydrogens is 500 g/mol. The lowest BCUT2D eigenvalue weighted by Crippen LogP contribution is -2.51. The highest BCUT2D eigenvalue weighted by Gasteiger charge is 2.59. The third-order valence-corrected chi connectivity index (χ3v) is 12.4. The van der Waals surface area contributed by atoms with Crippen LogP contribution in [0.2, 0.25) is 0 Å². The van der Waals surface area contributed by atoms with Gasteiger partial charge in [-0.05, 0) is 98.2 Å². The number of aromatic nitrogens is 2. The highest BCUT2D eigenvalue weighted by atomic mass is 16.5. The second-order valence-electron chi connectivity index (χ2n) is 14.2. The third kappa shape index (κ3) is 4.84. The smallest absolute Gasteiger partial charge is 0.233 e. The Morgan fingerprint density at radius 2 is 1.90 bits per heavy atom. The van der Waals surface area contributed by atoms with Gasteiger partial charge in [-0.1, -0.05) is 32.4 Å². The van der Waals surface area contributed by atoms with Crippen molar-refractivity contribution >= 4 is 11.7 Å². The Labute approximate surface area is 240 Å². The molecule has 1 aromatic rings. The van der Waals surface area contributed by atoms with Crippen molar-refractivity contribution in [2.24, 2.45) is 40.4 Å². The van der Waals surface area contributed by atoms with Crippen LogP contribution >= 0.6 is 0 Å². The van der Waals surface area contributed by atoms with Crippen molar-refractivity contribution in [2.75, 3.05) is 38.2 Å². The van der Waals surface area contributed by atoms with Crippen LogP contribution < -0.4 is 9.64 Å². The Morgan fingerprint density at radius 3 is 2.67 bits per heavy atom. The Balaban J connectivity index is 1.03. The van der Waals surface area contributed by atoms with E-state index in [-0.39, 0.29) is 6.10 Å². The summed E-state index contributed by atoms with van der Waals surface area (Å²) in [6, 6.07) is 0. The van der Waals surface area contributed by atoms with E-state index < -0.39 is 0 Å². The Morgan fingerprint density at radius 1 is 1.10 bits per heavy atom. The summed E-state index contributed by atoms with van der Waals surface area (Å²) in [4.78, 5) is 26.2. The summed E-state index contributed by atoms with van der Waals surface area (Å²) in [5.41, 5.74) is 2.28. The van der Waals surface area contributed by atoms with E-state index in [0.29, 0.717) is 35.0 Å². The minimum Gasteiger partial charge on any atom is -0.480 e. The van der Waals surface area contributed by atoms with Gasteiger partial charge in [0.1, 0.15) is 0 Å². The topological polar surface area (TPSA) is 78.8 Å². The highest BCUT2D eigenvalue weighted by Crippen LogP contribution is 2.67. The van der Waals surface area contributed by atoms with Gasteiger partial charge in [0.25, 0.3) is 0 Å². The van der Waals surface area contributed by atoms with Crippen molar-refractivity contribution < 1.29 is 14.6 Å². The Hall–Kier alpha value is -2.15. The SMILES string of the molecule is COc1cncc(N2CCN(C(=O)CCC(C)[C@H]3CC[C@H]4[C@@H]5CC=C6C[C@@H](O)CC[C@]6(C)[C@H]5CC[C@]34C)CC2)n1. The summed E-state index contributed by atoms with van der Waals surface area (Å²) in [7, 11) is 1.61. The van der Waals surface area contributed by atoms with Gasteiger partial charge in [0, 0.05) is 32.6 Å². The van der Waals surface area contributed by atoms with E-state index in [9.17, 15) is 9.90 Å². The fourth-order valence-corrected chi connectivity index (χ4v) is 10.1. The lowest BCUT2D eigenvalue weighted by Gasteiger charge is -2.58. The molecule has 1 amide bonds. The zero-order chi connectivity index (χ0) is 28.1. The van der Waals surface area contributed by atoms with Gasteiger partial charge in [-0.25, -0.2) is 0 Å². The van der Waals surface area contributed by atoms with Gasteiger partial charge in [-0.2, -0.15) is 4.98 Å². The number of aliphatic hydroxyl groups excluding tert-OH is 1. The van der Waals surface area contributed by atoms with Gasteiger partial charge < -0.3 is 19.6 Å². The fraction of sp³-hybridized carbons (Fsp3) is 0.788. The number of aliphatic hydroxyl groups is 1. The maximum Gasteiger partial charge on any atom is 0.233 e. The first-order valence-electron chi connectivity index (χ1n) is 16.0. The van der Waals surface area contributed by atoms with Gasteiger partial charge in [0.15, 0.2) is 5.82 Å². The molecule has 5 aliphatic rings. The van der Waals surface area contributed by atoms with Gasteiger partial charge in [0.2, 0.25) is 11.8 Å². The lowest BCUT2D eigenvalue weighted by molar-refractivity contribution is -0.132. The molecule has 1 N–H and O–H groups in total. The molecule has 0 spiro atoms. The molecule has 40 heavy (non-hydrogen) atoms. The average molecular weight is 551 g/mol. The van der Waals surface area contributed by atoms with Gasteiger partial charge in [-0.3, -0.25) is 9.78 Å². The van der Waals surface area contributed by atoms with E-state index in [2.05, 4.69) is 46.6 Å². The van der Waals surface area contributed by atoms with Crippen molar-refractivity contribution in [3.05, 3.63) is 24.0 Å². The van der Waals surface area contributed by atoms with E-state index in [4.69, 9.17) is 4.74 Å². The van der Waals surface area contributed by atoms with E-state index in [1.807, 2.05) is 0 Å². The van der Waals surface area contributed by atoms with Gasteiger partial charge >= 0.3 is 0 Å². The summed E-state index contributed by atoms with van der Waals surface area (Å²) >= 11 is 0. The van der Waals surface area contributed by atoms with Crippen molar-refractivity contribution in [3.8, 4) is 5.88 Å². The molecule has 0 bridgehead atoms. The van der Waals surface area contributed by atoms with E-state index in [1.54, 1.807) is 25.1 Å². The van der Waals surface area contributed by atoms with Crippen LogP contribution in [-0.4, -0.2) is 65.3 Å². The number of carbonyl (C=O) groups excluding carboxylic acids is 1. The number of fused-ring (bicyclic) bond motifs is 5. The van der Waals surface area contributed by atoms with E-state index in [0.717, 1.165) is 81.4 Å². The molecule has 1 aromatic heterocycles. The minimum absolute atomic E-state index is 0.129. The number of rotatable bonds is 6. The number of hydrogen-bond acceptors (Lipinski definition) is 6. The zero-order valence-electron chi connectivity index (χ0n) is 25.1. The lowest BCUT2D eigenvalue weighted by atomic mass is 9.47. The van der Waals surface area contributed by atoms with Gasteiger partial charge in [0.05, 0.1) is 25.6 Å². The summed E-state index contributed by atoms with van der Waals surface area (Å²) in [5, 5.41) is 10.3. The van der Waals surface area contributed by atoms with Crippen molar-refractivity contribution in [2.45, 2.75) is 91.1 Å². The molecule has 4 fully saturated rings. The predicted molar refractivity (Wildman–Crippen MR) is 157 cm³/mol. The normalized spacial score (nSPS) is 38.1. The molecule has 1 unspecified atom stereocenters. The molecule has 220 valence electrons. The summed E-state index contributed by atoms with van der Waals surface area (Å²) in [6.45, 7) is 10.6. The van der Waals surface area contributed by atoms with E-state index in [1.165, 1.54) is 32.1 Å².